The summed E-state index contributed by atoms with van der Waals surface area (Å²) in [4.78, 5) is 21.3. The lowest BCUT2D eigenvalue weighted by Crippen LogP contribution is -2.35. The van der Waals surface area contributed by atoms with Gasteiger partial charge in [-0.25, -0.2) is 4.98 Å². The first-order valence-corrected chi connectivity index (χ1v) is 9.53. The van der Waals surface area contributed by atoms with Gasteiger partial charge in [-0.05, 0) is 51.6 Å². The molecule has 144 valence electrons. The first-order chi connectivity index (χ1) is 11.2. The molecule has 2 saturated heterocycles. The van der Waals surface area contributed by atoms with E-state index in [0.29, 0.717) is 12.3 Å². The largest absolute Gasteiger partial charge is 0.345 e. The number of halogens is 2. The summed E-state index contributed by atoms with van der Waals surface area (Å²) >= 11 is 1.46. The number of hydrogen-bond acceptors (Lipinski definition) is 6. The van der Waals surface area contributed by atoms with Crippen LogP contribution < -0.4 is 10.2 Å². The van der Waals surface area contributed by atoms with Crippen LogP contribution in [0.15, 0.2) is 0 Å². The van der Waals surface area contributed by atoms with Crippen LogP contribution in [-0.4, -0.2) is 59.4 Å². The Hall–Kier alpha value is -0.630. The van der Waals surface area contributed by atoms with E-state index in [1.165, 1.54) is 24.4 Å². The molecule has 0 aromatic carbocycles. The van der Waals surface area contributed by atoms with Crippen molar-refractivity contribution in [1.29, 1.82) is 0 Å². The van der Waals surface area contributed by atoms with Gasteiger partial charge in [0.1, 0.15) is 5.82 Å². The number of carbonyl (C=O) groups is 1. The monoisotopic (exact) mass is 409 g/mol. The van der Waals surface area contributed by atoms with Gasteiger partial charge in [0.25, 0.3) is 0 Å². The molecule has 2 aliphatic heterocycles. The van der Waals surface area contributed by atoms with Crippen LogP contribution in [0, 0.1) is 12.8 Å². The lowest BCUT2D eigenvalue weighted by Gasteiger charge is -2.25. The summed E-state index contributed by atoms with van der Waals surface area (Å²) in [5.74, 6) is 1.90. The minimum atomic E-state index is 0. The molecule has 3 rings (SSSR count). The Morgan fingerprint density at radius 2 is 1.96 bits per heavy atom. The molecule has 0 atom stereocenters. The van der Waals surface area contributed by atoms with E-state index >= 15 is 0 Å². The average molecular weight is 410 g/mol. The fourth-order valence-electron chi connectivity index (χ4n) is 3.43. The van der Waals surface area contributed by atoms with Crippen LogP contribution in [0.25, 0.3) is 0 Å². The van der Waals surface area contributed by atoms with Crippen molar-refractivity contribution in [3.8, 4) is 0 Å². The Balaban J connectivity index is 0.00000156. The first kappa shape index (κ1) is 22.4. The van der Waals surface area contributed by atoms with Crippen molar-refractivity contribution in [3.05, 3.63) is 5.82 Å². The van der Waals surface area contributed by atoms with Gasteiger partial charge in [0.05, 0.1) is 0 Å². The highest BCUT2D eigenvalue weighted by Gasteiger charge is 2.22. The molecule has 0 spiro atoms. The van der Waals surface area contributed by atoms with Gasteiger partial charge in [0, 0.05) is 44.1 Å². The number of hydrogen-bond donors (Lipinski definition) is 1. The second-order valence-electron chi connectivity index (χ2n) is 6.58. The third kappa shape index (κ3) is 6.55. The smallest absolute Gasteiger partial charge is 0.222 e. The number of aromatic nitrogens is 2. The molecule has 0 aliphatic carbocycles. The molecule has 2 fully saturated rings. The standard InChI is InChI=1S/C16H27N5OS.2ClH/c1-13-18-16(23-19-13)21-10-2-9-20(11-12-21)15(22)4-3-14-5-7-17-8-6-14;;/h14,17H,2-12H2,1H3;2*1H. The fourth-order valence-corrected chi connectivity index (χ4v) is 4.15. The highest BCUT2D eigenvalue weighted by atomic mass is 35.5. The molecule has 3 heterocycles. The average Bonchev–Trinajstić information content (AvgIpc) is 2.86. The molecular weight excluding hydrogens is 381 g/mol. The van der Waals surface area contributed by atoms with Gasteiger partial charge in [0.15, 0.2) is 0 Å². The van der Waals surface area contributed by atoms with E-state index in [4.69, 9.17) is 0 Å². The summed E-state index contributed by atoms with van der Waals surface area (Å²) < 4.78 is 4.26. The number of aryl methyl sites for hydroxylation is 1. The molecule has 25 heavy (non-hydrogen) atoms. The van der Waals surface area contributed by atoms with E-state index < -0.39 is 0 Å². The van der Waals surface area contributed by atoms with Crippen molar-refractivity contribution in [2.24, 2.45) is 5.92 Å². The number of rotatable bonds is 4. The van der Waals surface area contributed by atoms with Gasteiger partial charge < -0.3 is 15.1 Å². The molecule has 0 radical (unpaired) electrons. The Kier molecular flexibility index (Phi) is 10.0. The maximum absolute atomic E-state index is 12.5. The van der Waals surface area contributed by atoms with Crippen LogP contribution in [0.5, 0.6) is 0 Å². The molecule has 0 bridgehead atoms. The summed E-state index contributed by atoms with van der Waals surface area (Å²) in [6.07, 6.45) is 5.21. The van der Waals surface area contributed by atoms with Gasteiger partial charge in [-0.2, -0.15) is 4.37 Å². The van der Waals surface area contributed by atoms with E-state index in [1.54, 1.807) is 0 Å². The van der Waals surface area contributed by atoms with Gasteiger partial charge in [-0.15, -0.1) is 24.8 Å². The van der Waals surface area contributed by atoms with Gasteiger partial charge in [0.2, 0.25) is 11.0 Å². The number of nitrogens with one attached hydrogen (secondary N) is 1. The molecule has 1 amide bonds. The lowest BCUT2D eigenvalue weighted by molar-refractivity contribution is -0.131. The number of anilines is 1. The zero-order chi connectivity index (χ0) is 16.1. The van der Waals surface area contributed by atoms with Crippen LogP contribution in [0.1, 0.15) is 37.9 Å². The third-order valence-corrected chi connectivity index (χ3v) is 5.73. The quantitative estimate of drug-likeness (QED) is 0.827. The Morgan fingerprint density at radius 3 is 2.64 bits per heavy atom. The molecule has 9 heteroatoms. The summed E-state index contributed by atoms with van der Waals surface area (Å²) in [5.41, 5.74) is 0. The molecule has 1 N–H and O–H groups in total. The highest BCUT2D eigenvalue weighted by Crippen LogP contribution is 2.21. The van der Waals surface area contributed by atoms with Gasteiger partial charge in [-0.3, -0.25) is 4.79 Å². The Labute approximate surface area is 166 Å². The van der Waals surface area contributed by atoms with Crippen molar-refractivity contribution >= 4 is 47.4 Å². The predicted molar refractivity (Wildman–Crippen MR) is 107 cm³/mol. The van der Waals surface area contributed by atoms with Gasteiger partial charge in [-0.1, -0.05) is 0 Å². The van der Waals surface area contributed by atoms with Crippen LogP contribution in [-0.2, 0) is 4.79 Å². The van der Waals surface area contributed by atoms with Crippen LogP contribution in [0.2, 0.25) is 0 Å². The summed E-state index contributed by atoms with van der Waals surface area (Å²) in [7, 11) is 0. The predicted octanol–water partition coefficient (Wildman–Crippen LogP) is 2.51. The summed E-state index contributed by atoms with van der Waals surface area (Å²) in [6, 6.07) is 0. The van der Waals surface area contributed by atoms with E-state index in [-0.39, 0.29) is 24.8 Å². The maximum atomic E-state index is 12.5. The van der Waals surface area contributed by atoms with Gasteiger partial charge >= 0.3 is 0 Å². The molecular formula is C16H29Cl2N5OS. The Bertz CT molecular complexity index is 524. The minimum absolute atomic E-state index is 0. The molecule has 1 aromatic rings. The fraction of sp³-hybridized carbons (Fsp3) is 0.812. The highest BCUT2D eigenvalue weighted by molar-refractivity contribution is 7.09. The van der Waals surface area contributed by atoms with Crippen molar-refractivity contribution in [2.45, 2.75) is 39.0 Å². The van der Waals surface area contributed by atoms with E-state index in [1.807, 2.05) is 6.92 Å². The van der Waals surface area contributed by atoms with E-state index in [0.717, 1.165) is 69.0 Å². The third-order valence-electron chi connectivity index (χ3n) is 4.86. The lowest BCUT2D eigenvalue weighted by atomic mass is 9.93. The van der Waals surface area contributed by atoms with Crippen molar-refractivity contribution in [3.63, 3.8) is 0 Å². The number of piperidine rings is 1. The zero-order valence-electron chi connectivity index (χ0n) is 14.8. The second-order valence-corrected chi connectivity index (χ2v) is 7.31. The van der Waals surface area contributed by atoms with Crippen LogP contribution >= 0.6 is 36.3 Å². The zero-order valence-corrected chi connectivity index (χ0v) is 17.2. The molecule has 2 aliphatic rings. The second kappa shape index (κ2) is 11.2. The first-order valence-electron chi connectivity index (χ1n) is 8.76. The minimum Gasteiger partial charge on any atom is -0.345 e. The van der Waals surface area contributed by atoms with Crippen LogP contribution in [0.4, 0.5) is 5.13 Å². The molecule has 0 saturated carbocycles. The van der Waals surface area contributed by atoms with Crippen molar-refractivity contribution in [2.75, 3.05) is 44.2 Å². The molecule has 0 unspecified atom stereocenters. The number of amides is 1. The van der Waals surface area contributed by atoms with Crippen LogP contribution in [0.3, 0.4) is 0 Å². The SMILES string of the molecule is Cc1nsc(N2CCCN(C(=O)CCC3CCNCC3)CC2)n1.Cl.Cl. The van der Waals surface area contributed by atoms with Crippen molar-refractivity contribution < 1.29 is 4.79 Å². The maximum Gasteiger partial charge on any atom is 0.222 e. The van der Waals surface area contributed by atoms with E-state index in [2.05, 4.69) is 24.5 Å². The van der Waals surface area contributed by atoms with E-state index in [9.17, 15) is 4.79 Å². The normalized spacial score (nSPS) is 18.9. The van der Waals surface area contributed by atoms with Crippen molar-refractivity contribution in [1.82, 2.24) is 19.6 Å². The summed E-state index contributed by atoms with van der Waals surface area (Å²) in [5, 5.41) is 4.38. The Morgan fingerprint density at radius 1 is 1.20 bits per heavy atom. The number of carbonyl (C=O) groups excluding carboxylic acids is 1. The summed E-state index contributed by atoms with van der Waals surface area (Å²) in [6.45, 7) is 7.66. The topological polar surface area (TPSA) is 61.4 Å². The number of nitrogens with zero attached hydrogens (tertiary/aromatic N) is 4. The molecule has 1 aromatic heterocycles. The molecule has 6 nitrogen and oxygen atoms in total.